The number of carbonyl (C=O) groups is 1. The normalized spacial score (nSPS) is 4.17. The van der Waals surface area contributed by atoms with Gasteiger partial charge in [-0.15, -0.1) is 0 Å². The molecule has 0 aliphatic heterocycles. The first kappa shape index (κ1) is 15.9. The van der Waals surface area contributed by atoms with Crippen molar-refractivity contribution in [2.75, 3.05) is 0 Å². The van der Waals surface area contributed by atoms with Crippen LogP contribution in [0.15, 0.2) is 0 Å². The van der Waals surface area contributed by atoms with Crippen molar-refractivity contribution in [3.8, 4) is 0 Å². The third kappa shape index (κ3) is 142. The topological polar surface area (TPSA) is 37.3 Å². The van der Waals surface area contributed by atoms with Crippen LogP contribution in [-0.2, 0) is 42.6 Å². The number of hydrogen-bond acceptors (Lipinski definition) is 1. The molecule has 0 atom stereocenters. The molecule has 4 heteroatoms. The van der Waals surface area contributed by atoms with Gasteiger partial charge in [0.25, 0.3) is 5.97 Å². The maximum atomic E-state index is 9.00. The van der Waals surface area contributed by atoms with E-state index in [0.29, 0.717) is 0 Å². The Labute approximate surface area is 60.8 Å². The summed E-state index contributed by atoms with van der Waals surface area (Å²) in [7, 11) is 0. The summed E-state index contributed by atoms with van der Waals surface area (Å²) in [5, 5.41) is 7.42. The molecule has 0 rings (SSSR count). The fourth-order valence-corrected chi connectivity index (χ4v) is 0. The maximum absolute atomic E-state index is 9.00. The van der Waals surface area contributed by atoms with Crippen LogP contribution in [0.1, 0.15) is 6.92 Å². The second-order valence-corrected chi connectivity index (χ2v) is 0.519. The van der Waals surface area contributed by atoms with E-state index < -0.39 is 5.97 Å². The SMILES string of the molecule is CC(=O)O.[Co].[Mo]. The number of carboxylic acid groups (broad SMARTS) is 1. The molecule has 0 fully saturated rings. The van der Waals surface area contributed by atoms with Gasteiger partial charge in [-0.1, -0.05) is 0 Å². The van der Waals surface area contributed by atoms with Gasteiger partial charge < -0.3 is 5.11 Å². The fourth-order valence-electron chi connectivity index (χ4n) is 0. The molecule has 2 nitrogen and oxygen atoms in total. The molecule has 0 unspecified atom stereocenters. The molecule has 0 aromatic carbocycles. The first-order valence-electron chi connectivity index (χ1n) is 0.928. The molecule has 0 aliphatic rings. The van der Waals surface area contributed by atoms with Crippen molar-refractivity contribution in [2.24, 2.45) is 0 Å². The zero-order valence-electron chi connectivity index (χ0n) is 3.10. The predicted octanol–water partition coefficient (Wildman–Crippen LogP) is 0.0859. The molecule has 0 aromatic heterocycles. The molecule has 39 valence electrons. The number of rotatable bonds is 0. The molecule has 0 amide bonds. The molecular formula is C2H4CoMoO2. The Morgan fingerprint density at radius 2 is 1.67 bits per heavy atom. The Morgan fingerprint density at radius 1 is 1.67 bits per heavy atom. The zero-order valence-corrected chi connectivity index (χ0v) is 6.15. The summed E-state index contributed by atoms with van der Waals surface area (Å²) in [5.41, 5.74) is 0. The minimum Gasteiger partial charge on any atom is -0.481 e. The minimum absolute atomic E-state index is 0. The van der Waals surface area contributed by atoms with Gasteiger partial charge in [0.1, 0.15) is 0 Å². The van der Waals surface area contributed by atoms with E-state index in [4.69, 9.17) is 9.90 Å². The molecule has 0 aliphatic carbocycles. The predicted molar refractivity (Wildman–Crippen MR) is 13.3 cm³/mol. The van der Waals surface area contributed by atoms with E-state index in [1.165, 1.54) is 0 Å². The van der Waals surface area contributed by atoms with Gasteiger partial charge in [0.05, 0.1) is 0 Å². The van der Waals surface area contributed by atoms with Gasteiger partial charge in [-0.2, -0.15) is 0 Å². The molecule has 6 heavy (non-hydrogen) atoms. The monoisotopic (exact) mass is 217 g/mol. The first-order chi connectivity index (χ1) is 1.73. The van der Waals surface area contributed by atoms with Crippen LogP contribution in [0.2, 0.25) is 0 Å². The summed E-state index contributed by atoms with van der Waals surface area (Å²) in [4.78, 5) is 9.00. The van der Waals surface area contributed by atoms with Crippen LogP contribution in [0.4, 0.5) is 0 Å². The smallest absolute Gasteiger partial charge is 0.300 e. The van der Waals surface area contributed by atoms with Crippen LogP contribution in [0.25, 0.3) is 0 Å². The summed E-state index contributed by atoms with van der Waals surface area (Å²) < 4.78 is 0. The quantitative estimate of drug-likeness (QED) is 0.581. The van der Waals surface area contributed by atoms with Crippen molar-refractivity contribution < 1.29 is 47.7 Å². The van der Waals surface area contributed by atoms with Gasteiger partial charge in [-0.3, -0.25) is 4.79 Å². The van der Waals surface area contributed by atoms with Crippen LogP contribution in [0, 0.1) is 0 Å². The summed E-state index contributed by atoms with van der Waals surface area (Å²) in [6.07, 6.45) is 0. The molecule has 1 radical (unpaired) electrons. The second-order valence-electron chi connectivity index (χ2n) is 0.519. The Balaban J connectivity index is -0.0000000450. The minimum atomic E-state index is -0.833. The summed E-state index contributed by atoms with van der Waals surface area (Å²) >= 11 is 0. The summed E-state index contributed by atoms with van der Waals surface area (Å²) in [6, 6.07) is 0. The standard InChI is InChI=1S/C2H4O2.Co.Mo/c1-2(3)4;;/h1H3,(H,3,4);;. The van der Waals surface area contributed by atoms with Crippen molar-refractivity contribution in [3.63, 3.8) is 0 Å². The maximum Gasteiger partial charge on any atom is 0.300 e. The van der Waals surface area contributed by atoms with Gasteiger partial charge in [-0.05, 0) is 0 Å². The summed E-state index contributed by atoms with van der Waals surface area (Å²) in [6.45, 7) is 1.08. The van der Waals surface area contributed by atoms with E-state index in [1.54, 1.807) is 0 Å². The number of hydrogen-bond donors (Lipinski definition) is 1. The van der Waals surface area contributed by atoms with E-state index in [-0.39, 0.29) is 37.8 Å². The Bertz CT molecular complexity index is 34.5. The molecule has 0 saturated carbocycles. The third-order valence-corrected chi connectivity index (χ3v) is 0. The van der Waals surface area contributed by atoms with Gasteiger partial charge in [0.2, 0.25) is 0 Å². The van der Waals surface area contributed by atoms with Crippen LogP contribution in [0.3, 0.4) is 0 Å². The van der Waals surface area contributed by atoms with Crippen LogP contribution in [0.5, 0.6) is 0 Å². The average molecular weight is 215 g/mol. The molecular weight excluding hydrogens is 211 g/mol. The van der Waals surface area contributed by atoms with Gasteiger partial charge in [0, 0.05) is 44.8 Å². The number of carboxylic acids is 1. The van der Waals surface area contributed by atoms with Crippen molar-refractivity contribution in [1.82, 2.24) is 0 Å². The Kier molecular flexibility index (Phi) is 24.4. The van der Waals surface area contributed by atoms with Crippen LogP contribution in [-0.4, -0.2) is 11.1 Å². The molecule has 0 aromatic rings. The number of aliphatic carboxylic acids is 1. The van der Waals surface area contributed by atoms with Gasteiger partial charge in [-0.25, -0.2) is 0 Å². The van der Waals surface area contributed by atoms with E-state index >= 15 is 0 Å². The molecule has 0 heterocycles. The molecule has 0 saturated heterocycles. The van der Waals surface area contributed by atoms with Crippen molar-refractivity contribution in [1.29, 1.82) is 0 Å². The third-order valence-electron chi connectivity index (χ3n) is 0. The van der Waals surface area contributed by atoms with Crippen LogP contribution >= 0.6 is 0 Å². The van der Waals surface area contributed by atoms with Gasteiger partial charge >= 0.3 is 0 Å². The van der Waals surface area contributed by atoms with E-state index in [2.05, 4.69) is 0 Å². The zero-order chi connectivity index (χ0) is 3.58. The van der Waals surface area contributed by atoms with Crippen LogP contribution < -0.4 is 0 Å². The van der Waals surface area contributed by atoms with Crippen molar-refractivity contribution in [3.05, 3.63) is 0 Å². The van der Waals surface area contributed by atoms with Crippen molar-refractivity contribution in [2.45, 2.75) is 6.92 Å². The molecule has 1 N–H and O–H groups in total. The molecule has 0 spiro atoms. The van der Waals surface area contributed by atoms with E-state index in [1.807, 2.05) is 0 Å². The fraction of sp³-hybridized carbons (Fsp3) is 0.500. The molecule has 0 bridgehead atoms. The Morgan fingerprint density at radius 3 is 1.67 bits per heavy atom. The first-order valence-corrected chi connectivity index (χ1v) is 0.928. The summed E-state index contributed by atoms with van der Waals surface area (Å²) in [5.74, 6) is -0.833. The van der Waals surface area contributed by atoms with Gasteiger partial charge in [0.15, 0.2) is 0 Å². The largest absolute Gasteiger partial charge is 0.481 e. The van der Waals surface area contributed by atoms with Crippen molar-refractivity contribution >= 4 is 5.97 Å². The van der Waals surface area contributed by atoms with E-state index in [9.17, 15) is 0 Å². The second kappa shape index (κ2) is 9.18. The van der Waals surface area contributed by atoms with E-state index in [0.717, 1.165) is 6.92 Å². The Hall–Kier alpha value is 0.665. The average Bonchev–Trinajstić information content (AvgIpc) is 0.811.